The monoisotopic (exact) mass is 355 g/mol. The maximum Gasteiger partial charge on any atom is 0.355 e. The number of ether oxygens (including phenoxy) is 3. The minimum Gasteiger partial charge on any atom is -0.496 e. The predicted octanol–water partition coefficient (Wildman–Crippen LogP) is 4.27. The van der Waals surface area contributed by atoms with E-state index in [0.29, 0.717) is 11.5 Å². The molecular formula is C21H23O5+. The molecule has 0 amide bonds. The molecule has 0 bridgehead atoms. The van der Waals surface area contributed by atoms with Gasteiger partial charge in [-0.25, -0.2) is 0 Å². The fourth-order valence-electron chi connectivity index (χ4n) is 3.25. The molecule has 0 aliphatic heterocycles. The lowest BCUT2D eigenvalue weighted by molar-refractivity contribution is 0.355. The summed E-state index contributed by atoms with van der Waals surface area (Å²) in [5.74, 6) is 3.65. The van der Waals surface area contributed by atoms with Crippen molar-refractivity contribution in [3.05, 3.63) is 51.7 Å². The molecule has 26 heavy (non-hydrogen) atoms. The molecule has 0 saturated heterocycles. The first kappa shape index (κ1) is 17.9. The first-order chi connectivity index (χ1) is 12.5. The normalized spacial score (nSPS) is 11.7. The van der Waals surface area contributed by atoms with Gasteiger partial charge in [0, 0.05) is 0 Å². The van der Waals surface area contributed by atoms with E-state index in [-0.39, 0.29) is 0 Å². The largest absolute Gasteiger partial charge is 0.496 e. The van der Waals surface area contributed by atoms with E-state index in [4.69, 9.17) is 23.1 Å². The SMILES string of the molecule is COc1ccc(-c2cc(OC)c3c(C)oc(C)c3c(=[O+]C)c2)cc1OC. The Bertz CT molecular complexity index is 1030. The molecule has 5 nitrogen and oxygen atoms in total. The van der Waals surface area contributed by atoms with Gasteiger partial charge in [-0.2, -0.15) is 0 Å². The highest BCUT2D eigenvalue weighted by molar-refractivity contribution is 5.93. The maximum atomic E-state index is 5.81. The molecule has 3 rings (SSSR count). The molecule has 0 aliphatic carbocycles. The van der Waals surface area contributed by atoms with Crippen LogP contribution < -0.4 is 19.6 Å². The van der Waals surface area contributed by atoms with Crippen LogP contribution in [0.4, 0.5) is 0 Å². The van der Waals surface area contributed by atoms with Crippen molar-refractivity contribution in [3.63, 3.8) is 0 Å². The number of hydrogen-bond donors (Lipinski definition) is 0. The zero-order valence-electron chi connectivity index (χ0n) is 15.9. The number of rotatable bonds is 4. The van der Waals surface area contributed by atoms with Gasteiger partial charge >= 0.3 is 5.43 Å². The molecule has 5 heteroatoms. The second-order valence-electron chi connectivity index (χ2n) is 5.91. The van der Waals surface area contributed by atoms with E-state index >= 15 is 0 Å². The number of benzene rings is 1. The van der Waals surface area contributed by atoms with Crippen molar-refractivity contribution >= 4 is 10.8 Å². The van der Waals surface area contributed by atoms with Crippen molar-refractivity contribution in [1.82, 2.24) is 0 Å². The van der Waals surface area contributed by atoms with Crippen LogP contribution in [-0.4, -0.2) is 28.4 Å². The summed E-state index contributed by atoms with van der Waals surface area (Å²) in [5.41, 5.74) is 2.63. The molecule has 0 spiro atoms. The predicted molar refractivity (Wildman–Crippen MR) is 103 cm³/mol. The van der Waals surface area contributed by atoms with Crippen molar-refractivity contribution in [1.29, 1.82) is 0 Å². The van der Waals surface area contributed by atoms with Crippen LogP contribution in [0.3, 0.4) is 0 Å². The van der Waals surface area contributed by atoms with Gasteiger partial charge in [0.2, 0.25) is 0 Å². The lowest BCUT2D eigenvalue weighted by Crippen LogP contribution is -2.00. The Labute approximate surface area is 152 Å². The van der Waals surface area contributed by atoms with Gasteiger partial charge in [-0.05, 0) is 43.2 Å². The average Bonchev–Trinajstić information content (AvgIpc) is 2.85. The Morgan fingerprint density at radius 2 is 1.35 bits per heavy atom. The number of methoxy groups -OCH3 is 3. The summed E-state index contributed by atoms with van der Waals surface area (Å²) in [6.07, 6.45) is 0. The Morgan fingerprint density at radius 3 is 1.96 bits per heavy atom. The zero-order valence-corrected chi connectivity index (χ0v) is 15.9. The molecule has 2 aromatic carbocycles. The second kappa shape index (κ2) is 7.12. The quantitative estimate of drug-likeness (QED) is 0.656. The third-order valence-corrected chi connectivity index (χ3v) is 4.48. The number of hydrogen-bond acceptors (Lipinski definition) is 4. The van der Waals surface area contributed by atoms with Gasteiger partial charge in [-0.3, -0.25) is 4.42 Å². The Kier molecular flexibility index (Phi) is 4.89. The fraction of sp³-hybridized carbons (Fsp3) is 0.286. The molecule has 0 aliphatic rings. The van der Waals surface area contributed by atoms with Gasteiger partial charge in [0.15, 0.2) is 11.5 Å². The first-order valence-electron chi connectivity index (χ1n) is 8.25. The first-order valence-corrected chi connectivity index (χ1v) is 8.25. The molecule has 1 aromatic heterocycles. The highest BCUT2D eigenvalue weighted by atomic mass is 16.5. The molecule has 3 aromatic rings. The highest BCUT2D eigenvalue weighted by Crippen LogP contribution is 2.36. The van der Waals surface area contributed by atoms with Crippen LogP contribution in [0.1, 0.15) is 11.5 Å². The summed E-state index contributed by atoms with van der Waals surface area (Å²) in [4.78, 5) is 0. The van der Waals surface area contributed by atoms with Gasteiger partial charge in [0.1, 0.15) is 22.7 Å². The van der Waals surface area contributed by atoms with Crippen LogP contribution in [0.2, 0.25) is 0 Å². The Hall–Kier alpha value is -2.95. The molecule has 0 fully saturated rings. The van der Waals surface area contributed by atoms with Crippen molar-refractivity contribution in [2.24, 2.45) is 0 Å². The molecule has 0 saturated carbocycles. The van der Waals surface area contributed by atoms with E-state index in [9.17, 15) is 0 Å². The summed E-state index contributed by atoms with van der Waals surface area (Å²) in [7, 11) is 6.55. The minimum absolute atomic E-state index is 0.663. The zero-order chi connectivity index (χ0) is 18.8. The van der Waals surface area contributed by atoms with Crippen molar-refractivity contribution in [2.75, 3.05) is 28.4 Å². The maximum absolute atomic E-state index is 5.81. The van der Waals surface area contributed by atoms with E-state index in [0.717, 1.165) is 44.6 Å². The third-order valence-electron chi connectivity index (χ3n) is 4.48. The molecule has 0 N–H and O–H groups in total. The van der Waals surface area contributed by atoms with Gasteiger partial charge in [-0.15, -0.1) is 0 Å². The van der Waals surface area contributed by atoms with Crippen molar-refractivity contribution in [2.45, 2.75) is 13.8 Å². The number of aryl methyl sites for hydroxylation is 2. The van der Waals surface area contributed by atoms with Gasteiger partial charge < -0.3 is 18.6 Å². The van der Waals surface area contributed by atoms with Crippen LogP contribution in [-0.2, 0) is 0 Å². The summed E-state index contributed by atoms with van der Waals surface area (Å²) < 4.78 is 27.9. The topological polar surface area (TPSA) is 52.1 Å². The molecule has 0 atom stereocenters. The number of furan rings is 1. The van der Waals surface area contributed by atoms with E-state index in [1.54, 1.807) is 28.4 Å². The van der Waals surface area contributed by atoms with Crippen LogP contribution in [0.15, 0.2) is 39.2 Å². The van der Waals surface area contributed by atoms with E-state index < -0.39 is 0 Å². The smallest absolute Gasteiger partial charge is 0.355 e. The standard InChI is InChI=1S/C21H23O5/c1-12-20-18(24-5)10-15(11-19(25-6)21(20)13(2)26-12)14-7-8-16(22-3)17(9-14)23-4/h7-11H,1-6H3/q+1. The van der Waals surface area contributed by atoms with Crippen LogP contribution in [0.5, 0.6) is 17.2 Å². The summed E-state index contributed by atoms with van der Waals surface area (Å²) in [5, 5.41) is 1.82. The molecule has 1 heterocycles. The minimum atomic E-state index is 0.663. The summed E-state index contributed by atoms with van der Waals surface area (Å²) in [6, 6.07) is 9.75. The Balaban J connectivity index is 2.39. The van der Waals surface area contributed by atoms with Gasteiger partial charge in [0.25, 0.3) is 7.11 Å². The lowest BCUT2D eigenvalue weighted by atomic mass is 10.1. The molecule has 136 valence electrons. The lowest BCUT2D eigenvalue weighted by Gasteiger charge is -2.09. The van der Waals surface area contributed by atoms with Crippen LogP contribution in [0.25, 0.3) is 21.9 Å². The van der Waals surface area contributed by atoms with Gasteiger partial charge in [-0.1, -0.05) is 6.07 Å². The van der Waals surface area contributed by atoms with Crippen LogP contribution >= 0.6 is 0 Å². The second-order valence-corrected chi connectivity index (χ2v) is 5.91. The number of fused-ring (bicyclic) bond motifs is 1. The van der Waals surface area contributed by atoms with Crippen LogP contribution in [0, 0.1) is 13.8 Å². The van der Waals surface area contributed by atoms with Gasteiger partial charge in [0.05, 0.1) is 32.8 Å². The fourth-order valence-corrected chi connectivity index (χ4v) is 3.25. The van der Waals surface area contributed by atoms with E-state index in [1.807, 2.05) is 44.2 Å². The highest BCUT2D eigenvalue weighted by Gasteiger charge is 2.19. The van der Waals surface area contributed by atoms with Crippen molar-refractivity contribution < 1.29 is 18.6 Å². The Morgan fingerprint density at radius 1 is 0.731 bits per heavy atom. The molecule has 0 unspecified atom stereocenters. The molecule has 0 radical (unpaired) electrons. The summed E-state index contributed by atoms with van der Waals surface area (Å²) >= 11 is 0. The van der Waals surface area contributed by atoms with E-state index in [1.165, 1.54) is 0 Å². The molecular weight excluding hydrogens is 332 g/mol. The summed E-state index contributed by atoms with van der Waals surface area (Å²) in [6.45, 7) is 3.85. The average molecular weight is 355 g/mol. The van der Waals surface area contributed by atoms with Crippen molar-refractivity contribution in [3.8, 4) is 28.4 Å². The third kappa shape index (κ3) is 2.90. The van der Waals surface area contributed by atoms with E-state index in [2.05, 4.69) is 0 Å².